The summed E-state index contributed by atoms with van der Waals surface area (Å²) in [6.07, 6.45) is 0. The Kier molecular flexibility index (Phi) is 5.16. The third-order valence-electron chi connectivity index (χ3n) is 3.54. The minimum absolute atomic E-state index is 0.0706. The van der Waals surface area contributed by atoms with Crippen LogP contribution in [0.3, 0.4) is 0 Å². The van der Waals surface area contributed by atoms with Crippen LogP contribution in [0.25, 0.3) is 0 Å². The van der Waals surface area contributed by atoms with Gasteiger partial charge in [-0.25, -0.2) is 0 Å². The molecule has 0 unspecified atom stereocenters. The highest BCUT2D eigenvalue weighted by Crippen LogP contribution is 2.21. The van der Waals surface area contributed by atoms with E-state index in [1.54, 1.807) is 0 Å². The van der Waals surface area contributed by atoms with E-state index in [0.717, 1.165) is 31.9 Å². The molecule has 1 aromatic rings. The quantitative estimate of drug-likeness (QED) is 0.824. The second kappa shape index (κ2) is 7.08. The Hall–Kier alpha value is -2.08. The third-order valence-corrected chi connectivity index (χ3v) is 3.54. The molecular formula is C15H21N3O3. The Morgan fingerprint density at radius 2 is 1.86 bits per heavy atom. The van der Waals surface area contributed by atoms with Gasteiger partial charge in [-0.05, 0) is 24.3 Å². The molecule has 0 spiro atoms. The number of methoxy groups -OCH3 is 1. The van der Waals surface area contributed by atoms with Crippen LogP contribution in [0.15, 0.2) is 24.3 Å². The standard InChI is InChI=1S/C15H21N3O3/c1-12(19)18(11-15(20)21-2)14-5-3-13(4-6-14)17-9-7-16-8-10-17/h3-6,16H,7-11H2,1-2H3. The predicted molar refractivity (Wildman–Crippen MR) is 81.6 cm³/mol. The summed E-state index contributed by atoms with van der Waals surface area (Å²) >= 11 is 0. The summed E-state index contributed by atoms with van der Waals surface area (Å²) in [4.78, 5) is 26.8. The van der Waals surface area contributed by atoms with Crippen molar-refractivity contribution in [3.63, 3.8) is 0 Å². The Labute approximate surface area is 124 Å². The molecule has 6 nitrogen and oxygen atoms in total. The number of rotatable bonds is 4. The van der Waals surface area contributed by atoms with Crippen LogP contribution in [0.2, 0.25) is 0 Å². The molecule has 1 N–H and O–H groups in total. The van der Waals surface area contributed by atoms with Crippen LogP contribution in [0.1, 0.15) is 6.92 Å². The summed E-state index contributed by atoms with van der Waals surface area (Å²) < 4.78 is 4.62. The Bertz CT molecular complexity index is 495. The highest BCUT2D eigenvalue weighted by Gasteiger charge is 2.17. The maximum absolute atomic E-state index is 11.7. The minimum Gasteiger partial charge on any atom is -0.468 e. The summed E-state index contributed by atoms with van der Waals surface area (Å²) in [5, 5.41) is 3.31. The van der Waals surface area contributed by atoms with Gasteiger partial charge in [-0.2, -0.15) is 0 Å². The molecule has 2 rings (SSSR count). The van der Waals surface area contributed by atoms with Crippen molar-refractivity contribution in [3.05, 3.63) is 24.3 Å². The van der Waals surface area contributed by atoms with Crippen molar-refractivity contribution in [2.24, 2.45) is 0 Å². The number of piperazine rings is 1. The summed E-state index contributed by atoms with van der Waals surface area (Å²) in [5.41, 5.74) is 1.83. The lowest BCUT2D eigenvalue weighted by molar-refractivity contribution is -0.139. The van der Waals surface area contributed by atoms with E-state index in [4.69, 9.17) is 0 Å². The van der Waals surface area contributed by atoms with Gasteiger partial charge in [0.1, 0.15) is 6.54 Å². The largest absolute Gasteiger partial charge is 0.468 e. The lowest BCUT2D eigenvalue weighted by Crippen LogP contribution is -2.43. The normalized spacial score (nSPS) is 14.7. The summed E-state index contributed by atoms with van der Waals surface area (Å²) in [5.74, 6) is -0.619. The van der Waals surface area contributed by atoms with E-state index in [-0.39, 0.29) is 12.5 Å². The molecule has 1 heterocycles. The van der Waals surface area contributed by atoms with E-state index in [2.05, 4.69) is 15.0 Å². The summed E-state index contributed by atoms with van der Waals surface area (Å²) in [7, 11) is 1.31. The molecular weight excluding hydrogens is 270 g/mol. The smallest absolute Gasteiger partial charge is 0.325 e. The molecule has 0 aliphatic carbocycles. The maximum Gasteiger partial charge on any atom is 0.325 e. The number of nitrogens with zero attached hydrogens (tertiary/aromatic N) is 2. The number of carbonyl (C=O) groups is 2. The van der Waals surface area contributed by atoms with E-state index >= 15 is 0 Å². The zero-order chi connectivity index (χ0) is 15.2. The molecule has 1 saturated heterocycles. The lowest BCUT2D eigenvalue weighted by atomic mass is 10.2. The van der Waals surface area contributed by atoms with E-state index < -0.39 is 5.97 Å². The molecule has 1 aromatic carbocycles. The number of anilines is 2. The first-order chi connectivity index (χ1) is 10.1. The van der Waals surface area contributed by atoms with Gasteiger partial charge in [0.2, 0.25) is 5.91 Å². The van der Waals surface area contributed by atoms with E-state index in [1.165, 1.54) is 18.9 Å². The van der Waals surface area contributed by atoms with Gasteiger partial charge in [0.05, 0.1) is 7.11 Å². The van der Waals surface area contributed by atoms with Crippen molar-refractivity contribution >= 4 is 23.3 Å². The van der Waals surface area contributed by atoms with E-state index in [1.807, 2.05) is 24.3 Å². The van der Waals surface area contributed by atoms with Crippen molar-refractivity contribution in [2.75, 3.05) is 49.6 Å². The highest BCUT2D eigenvalue weighted by molar-refractivity contribution is 5.96. The second-order valence-corrected chi connectivity index (χ2v) is 4.93. The zero-order valence-corrected chi connectivity index (χ0v) is 12.5. The number of hydrogen-bond donors (Lipinski definition) is 1. The lowest BCUT2D eigenvalue weighted by Gasteiger charge is -2.30. The average Bonchev–Trinajstić information content (AvgIpc) is 2.53. The van der Waals surface area contributed by atoms with Gasteiger partial charge in [0.25, 0.3) is 0 Å². The van der Waals surface area contributed by atoms with E-state index in [9.17, 15) is 9.59 Å². The van der Waals surface area contributed by atoms with E-state index in [0.29, 0.717) is 5.69 Å². The molecule has 21 heavy (non-hydrogen) atoms. The molecule has 0 bridgehead atoms. The van der Waals surface area contributed by atoms with Gasteiger partial charge >= 0.3 is 5.97 Å². The predicted octanol–water partition coefficient (Wildman–Crippen LogP) is 0.622. The first-order valence-electron chi connectivity index (χ1n) is 7.02. The molecule has 1 aliphatic heterocycles. The molecule has 1 aliphatic rings. The van der Waals surface area contributed by atoms with Crippen LogP contribution in [0.5, 0.6) is 0 Å². The second-order valence-electron chi connectivity index (χ2n) is 4.93. The molecule has 114 valence electrons. The Morgan fingerprint density at radius 1 is 1.24 bits per heavy atom. The highest BCUT2D eigenvalue weighted by atomic mass is 16.5. The summed E-state index contributed by atoms with van der Waals surface area (Å²) in [6.45, 7) is 5.26. The molecule has 0 radical (unpaired) electrons. The number of nitrogens with one attached hydrogen (secondary N) is 1. The SMILES string of the molecule is COC(=O)CN(C(C)=O)c1ccc(N2CCNCC2)cc1. The number of benzene rings is 1. The molecule has 1 amide bonds. The number of amides is 1. The molecule has 0 saturated carbocycles. The number of hydrogen-bond acceptors (Lipinski definition) is 5. The summed E-state index contributed by atoms with van der Waals surface area (Å²) in [6, 6.07) is 7.69. The fourth-order valence-corrected chi connectivity index (χ4v) is 2.34. The topological polar surface area (TPSA) is 61.9 Å². The van der Waals surface area contributed by atoms with Gasteiger partial charge in [-0.15, -0.1) is 0 Å². The first-order valence-corrected chi connectivity index (χ1v) is 7.02. The number of ether oxygens (including phenoxy) is 1. The Morgan fingerprint density at radius 3 is 2.38 bits per heavy atom. The first kappa shape index (κ1) is 15.3. The van der Waals surface area contributed by atoms with Gasteiger partial charge in [-0.3, -0.25) is 9.59 Å². The fraction of sp³-hybridized carbons (Fsp3) is 0.467. The third kappa shape index (κ3) is 3.95. The van der Waals surface area contributed by atoms with Crippen LogP contribution < -0.4 is 15.1 Å². The average molecular weight is 291 g/mol. The Balaban J connectivity index is 2.11. The number of esters is 1. The van der Waals surface area contributed by atoms with Gasteiger partial charge in [0, 0.05) is 44.5 Å². The van der Waals surface area contributed by atoms with Crippen LogP contribution in [0, 0.1) is 0 Å². The van der Waals surface area contributed by atoms with Crippen molar-refractivity contribution in [2.45, 2.75) is 6.92 Å². The van der Waals surface area contributed by atoms with Gasteiger partial charge in [0.15, 0.2) is 0 Å². The minimum atomic E-state index is -0.434. The number of carbonyl (C=O) groups excluding carboxylic acids is 2. The fourth-order valence-electron chi connectivity index (χ4n) is 2.34. The van der Waals surface area contributed by atoms with Crippen molar-refractivity contribution < 1.29 is 14.3 Å². The van der Waals surface area contributed by atoms with Crippen LogP contribution >= 0.6 is 0 Å². The molecule has 0 aromatic heterocycles. The van der Waals surface area contributed by atoms with Crippen molar-refractivity contribution in [3.8, 4) is 0 Å². The van der Waals surface area contributed by atoms with Crippen LogP contribution in [-0.2, 0) is 14.3 Å². The van der Waals surface area contributed by atoms with Crippen molar-refractivity contribution in [1.29, 1.82) is 0 Å². The van der Waals surface area contributed by atoms with Gasteiger partial charge < -0.3 is 19.9 Å². The molecule has 1 fully saturated rings. The van der Waals surface area contributed by atoms with Crippen LogP contribution in [0.4, 0.5) is 11.4 Å². The van der Waals surface area contributed by atoms with Crippen LogP contribution in [-0.4, -0.2) is 51.7 Å². The molecule has 0 atom stereocenters. The zero-order valence-electron chi connectivity index (χ0n) is 12.5. The molecule has 6 heteroatoms. The monoisotopic (exact) mass is 291 g/mol. The van der Waals surface area contributed by atoms with Gasteiger partial charge in [-0.1, -0.05) is 0 Å². The maximum atomic E-state index is 11.7. The van der Waals surface area contributed by atoms with Crippen molar-refractivity contribution in [1.82, 2.24) is 5.32 Å².